The van der Waals surface area contributed by atoms with Gasteiger partial charge in [-0.3, -0.25) is 9.25 Å². The van der Waals surface area contributed by atoms with Crippen molar-refractivity contribution >= 4 is 28.1 Å². The number of aromatic nitrogens is 4. The van der Waals surface area contributed by atoms with E-state index in [4.69, 9.17) is 9.15 Å². The van der Waals surface area contributed by atoms with Crippen LogP contribution in [-0.2, 0) is 18.3 Å². The number of nitrogens with zero attached hydrogens (tertiary/aromatic N) is 4. The van der Waals surface area contributed by atoms with Gasteiger partial charge in [0.1, 0.15) is 0 Å². The molecule has 28 heavy (non-hydrogen) atoms. The summed E-state index contributed by atoms with van der Waals surface area (Å²) in [5, 5.41) is 5.04. The lowest BCUT2D eigenvalue weighted by Gasteiger charge is -2.08. The van der Waals surface area contributed by atoms with E-state index in [-0.39, 0.29) is 6.61 Å². The largest absolute Gasteiger partial charge is 0.462 e. The van der Waals surface area contributed by atoms with E-state index in [0.717, 1.165) is 16.9 Å². The summed E-state index contributed by atoms with van der Waals surface area (Å²) in [6, 6.07) is 8.96. The van der Waals surface area contributed by atoms with Gasteiger partial charge in [0.25, 0.3) is 0 Å². The lowest BCUT2D eigenvalue weighted by atomic mass is 10.1. The Labute approximate surface area is 160 Å². The molecule has 0 aliphatic rings. The molecular weight excluding hydrogens is 360 g/mol. The highest BCUT2D eigenvalue weighted by Gasteiger charge is 2.19. The smallest absolute Gasteiger partial charge is 0.419 e. The Morgan fingerprint density at radius 1 is 1.25 bits per heavy atom. The molecule has 0 fully saturated rings. The summed E-state index contributed by atoms with van der Waals surface area (Å²) in [5.41, 5.74) is 3.84. The first-order valence-corrected chi connectivity index (χ1v) is 9.02. The lowest BCUT2D eigenvalue weighted by molar-refractivity contribution is 0.0498. The molecule has 0 N–H and O–H groups in total. The maximum Gasteiger partial charge on any atom is 0.419 e. The first-order valence-electron chi connectivity index (χ1n) is 9.02. The van der Waals surface area contributed by atoms with Gasteiger partial charge in [0, 0.05) is 19.3 Å². The minimum absolute atomic E-state index is 0.187. The van der Waals surface area contributed by atoms with E-state index < -0.39 is 11.7 Å². The molecule has 3 heterocycles. The SMILES string of the molecule is Cc1cc(C(=O)OCCCn2c(=O)oc3ccccc32)c2c(C)nn(C)c2n1. The van der Waals surface area contributed by atoms with Crippen LogP contribution in [0.4, 0.5) is 0 Å². The number of carbonyl (C=O) groups excluding carboxylic acids is 1. The van der Waals surface area contributed by atoms with Gasteiger partial charge in [-0.1, -0.05) is 12.1 Å². The molecule has 0 aliphatic heterocycles. The van der Waals surface area contributed by atoms with Crippen LogP contribution in [0.3, 0.4) is 0 Å². The number of fused-ring (bicyclic) bond motifs is 2. The van der Waals surface area contributed by atoms with Crippen molar-refractivity contribution in [2.24, 2.45) is 7.05 Å². The molecule has 8 heteroatoms. The standard InChI is InChI=1S/C20H20N4O4/c1-12-11-14(17-13(2)22-23(3)18(17)21-12)19(25)27-10-6-9-24-15-7-4-5-8-16(15)28-20(24)26/h4-5,7-8,11H,6,9-10H2,1-3H3. The van der Waals surface area contributed by atoms with Crippen LogP contribution in [0.15, 0.2) is 39.5 Å². The van der Waals surface area contributed by atoms with Gasteiger partial charge in [-0.05, 0) is 38.5 Å². The average molecular weight is 380 g/mol. The van der Waals surface area contributed by atoms with Crippen molar-refractivity contribution in [1.82, 2.24) is 19.3 Å². The fourth-order valence-corrected chi connectivity index (χ4v) is 3.42. The molecular formula is C20H20N4O4. The number of hydrogen-bond donors (Lipinski definition) is 0. The minimum Gasteiger partial charge on any atom is -0.462 e. The van der Waals surface area contributed by atoms with Crippen molar-refractivity contribution in [3.63, 3.8) is 0 Å². The van der Waals surface area contributed by atoms with E-state index in [0.29, 0.717) is 35.1 Å². The van der Waals surface area contributed by atoms with Crippen LogP contribution < -0.4 is 5.76 Å². The van der Waals surface area contributed by atoms with Crippen LogP contribution in [0.1, 0.15) is 28.2 Å². The zero-order valence-electron chi connectivity index (χ0n) is 15.9. The predicted octanol–water partition coefficient (Wildman–Crippen LogP) is 2.74. The number of benzene rings is 1. The van der Waals surface area contributed by atoms with Gasteiger partial charge in [0.15, 0.2) is 11.2 Å². The van der Waals surface area contributed by atoms with Crippen molar-refractivity contribution in [2.75, 3.05) is 6.61 Å². The molecule has 0 bridgehead atoms. The zero-order valence-corrected chi connectivity index (χ0v) is 15.9. The number of esters is 1. The molecule has 0 amide bonds. The molecule has 4 rings (SSSR count). The summed E-state index contributed by atoms with van der Waals surface area (Å²) < 4.78 is 13.9. The molecule has 0 aliphatic carbocycles. The van der Waals surface area contributed by atoms with E-state index in [1.54, 1.807) is 28.4 Å². The maximum atomic E-state index is 12.6. The molecule has 0 unspecified atom stereocenters. The molecule has 0 saturated carbocycles. The molecule has 144 valence electrons. The summed E-state index contributed by atoms with van der Waals surface area (Å²) in [7, 11) is 1.80. The topological polar surface area (TPSA) is 92.1 Å². The van der Waals surface area contributed by atoms with Crippen LogP contribution in [-0.4, -0.2) is 31.9 Å². The molecule has 4 aromatic rings. The second-order valence-corrected chi connectivity index (χ2v) is 6.70. The Bertz CT molecular complexity index is 1250. The highest BCUT2D eigenvalue weighted by atomic mass is 16.5. The van der Waals surface area contributed by atoms with Crippen LogP contribution in [0.5, 0.6) is 0 Å². The predicted molar refractivity (Wildman–Crippen MR) is 103 cm³/mol. The fourth-order valence-electron chi connectivity index (χ4n) is 3.42. The Morgan fingerprint density at radius 2 is 2.04 bits per heavy atom. The van der Waals surface area contributed by atoms with Crippen molar-refractivity contribution in [2.45, 2.75) is 26.8 Å². The number of para-hydroxylation sites is 2. The summed E-state index contributed by atoms with van der Waals surface area (Å²) in [5.74, 6) is -0.832. The zero-order chi connectivity index (χ0) is 19.8. The second kappa shape index (κ2) is 6.95. The van der Waals surface area contributed by atoms with Gasteiger partial charge in [-0.2, -0.15) is 5.10 Å². The van der Waals surface area contributed by atoms with Crippen LogP contribution >= 0.6 is 0 Å². The van der Waals surface area contributed by atoms with Gasteiger partial charge in [0.2, 0.25) is 0 Å². The number of aryl methyl sites for hydroxylation is 4. The highest BCUT2D eigenvalue weighted by Crippen LogP contribution is 2.22. The van der Waals surface area contributed by atoms with Crippen molar-refractivity contribution in [1.29, 1.82) is 0 Å². The quantitative estimate of drug-likeness (QED) is 0.390. The first-order chi connectivity index (χ1) is 13.5. The molecule has 0 saturated heterocycles. The lowest BCUT2D eigenvalue weighted by Crippen LogP contribution is -2.16. The third kappa shape index (κ3) is 3.06. The Kier molecular flexibility index (Phi) is 4.46. The molecule has 0 radical (unpaired) electrons. The van der Waals surface area contributed by atoms with Crippen LogP contribution in [0, 0.1) is 13.8 Å². The number of pyridine rings is 1. The molecule has 0 spiro atoms. The number of ether oxygens (including phenoxy) is 1. The van der Waals surface area contributed by atoms with E-state index in [1.807, 2.05) is 32.0 Å². The van der Waals surface area contributed by atoms with Crippen molar-refractivity contribution < 1.29 is 13.9 Å². The van der Waals surface area contributed by atoms with Crippen LogP contribution in [0.2, 0.25) is 0 Å². The minimum atomic E-state index is -0.420. The molecule has 1 aromatic carbocycles. The fraction of sp³-hybridized carbons (Fsp3) is 0.300. The number of oxazole rings is 1. The van der Waals surface area contributed by atoms with E-state index in [1.165, 1.54) is 0 Å². The second-order valence-electron chi connectivity index (χ2n) is 6.70. The Balaban J connectivity index is 1.47. The third-order valence-corrected chi connectivity index (χ3v) is 4.65. The van der Waals surface area contributed by atoms with Gasteiger partial charge < -0.3 is 9.15 Å². The Hall–Kier alpha value is -3.42. The highest BCUT2D eigenvalue weighted by molar-refractivity contribution is 6.03. The monoisotopic (exact) mass is 380 g/mol. The van der Waals surface area contributed by atoms with Crippen molar-refractivity contribution in [3.05, 3.63) is 57.8 Å². The summed E-state index contributed by atoms with van der Waals surface area (Å²) in [6.07, 6.45) is 0.494. The molecule has 0 atom stereocenters. The van der Waals surface area contributed by atoms with Gasteiger partial charge in [-0.25, -0.2) is 14.6 Å². The summed E-state index contributed by atoms with van der Waals surface area (Å²) in [6.45, 7) is 4.26. The number of rotatable bonds is 5. The Morgan fingerprint density at radius 3 is 2.86 bits per heavy atom. The van der Waals surface area contributed by atoms with E-state index >= 15 is 0 Å². The number of hydrogen-bond acceptors (Lipinski definition) is 6. The number of carbonyl (C=O) groups is 1. The molecule has 8 nitrogen and oxygen atoms in total. The van der Waals surface area contributed by atoms with E-state index in [2.05, 4.69) is 10.1 Å². The maximum absolute atomic E-state index is 12.6. The first kappa shape index (κ1) is 18.0. The van der Waals surface area contributed by atoms with E-state index in [9.17, 15) is 9.59 Å². The van der Waals surface area contributed by atoms with Crippen LogP contribution in [0.25, 0.3) is 22.1 Å². The van der Waals surface area contributed by atoms with Crippen molar-refractivity contribution in [3.8, 4) is 0 Å². The van der Waals surface area contributed by atoms with Gasteiger partial charge in [-0.15, -0.1) is 0 Å². The summed E-state index contributed by atoms with van der Waals surface area (Å²) in [4.78, 5) is 29.1. The van der Waals surface area contributed by atoms with Gasteiger partial charge >= 0.3 is 11.7 Å². The summed E-state index contributed by atoms with van der Waals surface area (Å²) >= 11 is 0. The third-order valence-electron chi connectivity index (χ3n) is 4.65. The molecule has 3 aromatic heterocycles. The van der Waals surface area contributed by atoms with Gasteiger partial charge in [0.05, 0.1) is 28.8 Å². The average Bonchev–Trinajstić information content (AvgIpc) is 3.13. The normalized spacial score (nSPS) is 11.4.